The normalized spacial score (nSPS) is 23.2. The largest absolute Gasteiger partial charge is 0.391 e. The zero-order valence-corrected chi connectivity index (χ0v) is 14.3. The van der Waals surface area contributed by atoms with Gasteiger partial charge in [0.15, 0.2) is 9.84 Å². The molecule has 25 heavy (non-hydrogen) atoms. The molecule has 1 unspecified atom stereocenters. The maximum Gasteiger partial charge on any atom is 0.391 e. The average Bonchev–Trinajstić information content (AvgIpc) is 3.09. The number of nitrogens with zero attached hydrogens (tertiary/aromatic N) is 1. The lowest BCUT2D eigenvalue weighted by Gasteiger charge is -2.34. The summed E-state index contributed by atoms with van der Waals surface area (Å²) in [7, 11) is -3.75. The Bertz CT molecular complexity index is 722. The van der Waals surface area contributed by atoms with Crippen LogP contribution in [0, 0.1) is 11.7 Å². The summed E-state index contributed by atoms with van der Waals surface area (Å²) in [6.07, 6.45) is -3.85. The molecule has 0 aromatic heterocycles. The van der Waals surface area contributed by atoms with Crippen molar-refractivity contribution < 1.29 is 26.0 Å². The summed E-state index contributed by atoms with van der Waals surface area (Å²) in [6.45, 7) is 1.22. The molecule has 1 N–H and O–H groups in total. The molecule has 2 heterocycles. The van der Waals surface area contributed by atoms with Crippen LogP contribution < -0.4 is 10.2 Å². The molecule has 2 aliphatic rings. The van der Waals surface area contributed by atoms with Crippen molar-refractivity contribution in [2.24, 2.45) is 5.92 Å². The molecule has 140 valence electrons. The van der Waals surface area contributed by atoms with Gasteiger partial charge in [0.2, 0.25) is 0 Å². The number of alkyl halides is 3. The molecule has 4 nitrogen and oxygen atoms in total. The van der Waals surface area contributed by atoms with Crippen molar-refractivity contribution in [3.8, 4) is 0 Å². The van der Waals surface area contributed by atoms with Crippen LogP contribution in [0.2, 0.25) is 0 Å². The predicted octanol–water partition coefficient (Wildman–Crippen LogP) is 2.74. The molecule has 1 aromatic carbocycles. The Morgan fingerprint density at radius 1 is 1.12 bits per heavy atom. The van der Waals surface area contributed by atoms with Gasteiger partial charge in [-0.2, -0.15) is 13.2 Å². The number of anilines is 1. The predicted molar refractivity (Wildman–Crippen MR) is 85.9 cm³/mol. The number of hydrogen-bond acceptors (Lipinski definition) is 4. The lowest BCUT2D eigenvalue weighted by atomic mass is 9.96. The molecule has 1 atom stereocenters. The van der Waals surface area contributed by atoms with E-state index < -0.39 is 33.0 Å². The van der Waals surface area contributed by atoms with Crippen molar-refractivity contribution in [1.29, 1.82) is 0 Å². The van der Waals surface area contributed by atoms with Crippen LogP contribution in [0.5, 0.6) is 0 Å². The molecule has 0 radical (unpaired) electrons. The highest BCUT2D eigenvalue weighted by molar-refractivity contribution is 7.92. The minimum absolute atomic E-state index is 0.0427. The second-order valence-corrected chi connectivity index (χ2v) is 8.77. The fourth-order valence-electron chi connectivity index (χ4n) is 3.45. The second-order valence-electron chi connectivity index (χ2n) is 6.58. The Labute approximate surface area is 144 Å². The number of halogens is 4. The highest BCUT2D eigenvalue weighted by Crippen LogP contribution is 2.36. The van der Waals surface area contributed by atoms with Crippen molar-refractivity contribution in [3.05, 3.63) is 24.0 Å². The lowest BCUT2D eigenvalue weighted by Crippen LogP contribution is -2.39. The van der Waals surface area contributed by atoms with Crippen LogP contribution >= 0.6 is 0 Å². The number of piperidine rings is 1. The molecule has 2 fully saturated rings. The second kappa shape index (κ2) is 6.75. The summed E-state index contributed by atoms with van der Waals surface area (Å²) >= 11 is 0. The number of rotatable bonds is 3. The average molecular weight is 380 g/mol. The molecular weight excluding hydrogens is 360 g/mol. The third-order valence-corrected chi connectivity index (χ3v) is 7.22. The Kier molecular flexibility index (Phi) is 4.98. The highest BCUT2D eigenvalue weighted by atomic mass is 32.2. The van der Waals surface area contributed by atoms with Crippen molar-refractivity contribution in [1.82, 2.24) is 5.32 Å². The smallest absolute Gasteiger partial charge is 0.371 e. The van der Waals surface area contributed by atoms with Gasteiger partial charge in [-0.25, -0.2) is 12.8 Å². The molecule has 0 saturated carbocycles. The van der Waals surface area contributed by atoms with Gasteiger partial charge in [-0.15, -0.1) is 0 Å². The first-order valence-electron chi connectivity index (χ1n) is 8.25. The molecule has 0 spiro atoms. The third-order valence-electron chi connectivity index (χ3n) is 5.00. The molecular formula is C16H20F4N2O2S. The van der Waals surface area contributed by atoms with Crippen LogP contribution in [-0.2, 0) is 9.84 Å². The van der Waals surface area contributed by atoms with E-state index in [1.54, 1.807) is 4.90 Å². The van der Waals surface area contributed by atoms with E-state index in [2.05, 4.69) is 5.32 Å². The molecule has 2 aliphatic heterocycles. The third kappa shape index (κ3) is 3.76. The van der Waals surface area contributed by atoms with Gasteiger partial charge in [-0.3, -0.25) is 0 Å². The Balaban J connectivity index is 1.75. The van der Waals surface area contributed by atoms with Crippen LogP contribution in [0.3, 0.4) is 0 Å². The summed E-state index contributed by atoms with van der Waals surface area (Å²) in [5.41, 5.74) is 0.418. The number of sulfone groups is 1. The summed E-state index contributed by atoms with van der Waals surface area (Å²) in [5, 5.41) is 2.30. The number of benzene rings is 1. The number of nitrogens with one attached hydrogen (secondary N) is 1. The van der Waals surface area contributed by atoms with E-state index in [-0.39, 0.29) is 30.8 Å². The quantitative estimate of drug-likeness (QED) is 0.820. The zero-order chi connectivity index (χ0) is 18.2. The first-order valence-corrected chi connectivity index (χ1v) is 9.80. The summed E-state index contributed by atoms with van der Waals surface area (Å²) in [5.74, 6) is -2.18. The Morgan fingerprint density at radius 3 is 2.32 bits per heavy atom. The van der Waals surface area contributed by atoms with Gasteiger partial charge in [-0.05, 0) is 44.0 Å². The van der Waals surface area contributed by atoms with Gasteiger partial charge < -0.3 is 10.2 Å². The fourth-order valence-corrected chi connectivity index (χ4v) is 5.17. The minimum atomic E-state index is -4.20. The van der Waals surface area contributed by atoms with Gasteiger partial charge in [0, 0.05) is 25.3 Å². The lowest BCUT2D eigenvalue weighted by molar-refractivity contribution is -0.179. The Morgan fingerprint density at radius 2 is 1.80 bits per heavy atom. The van der Waals surface area contributed by atoms with Gasteiger partial charge in [0.05, 0.1) is 11.2 Å². The van der Waals surface area contributed by atoms with Gasteiger partial charge in [0.1, 0.15) is 10.7 Å². The van der Waals surface area contributed by atoms with Gasteiger partial charge in [-0.1, -0.05) is 0 Å². The van der Waals surface area contributed by atoms with Crippen molar-refractivity contribution >= 4 is 15.5 Å². The molecule has 0 aliphatic carbocycles. The van der Waals surface area contributed by atoms with E-state index >= 15 is 0 Å². The first kappa shape index (κ1) is 18.4. The van der Waals surface area contributed by atoms with Crippen LogP contribution in [0.25, 0.3) is 0 Å². The molecule has 0 amide bonds. The van der Waals surface area contributed by atoms with Crippen LogP contribution in [0.1, 0.15) is 19.3 Å². The maximum atomic E-state index is 14.4. The molecule has 2 saturated heterocycles. The van der Waals surface area contributed by atoms with Crippen LogP contribution in [-0.4, -0.2) is 46.0 Å². The van der Waals surface area contributed by atoms with Crippen molar-refractivity contribution in [2.75, 3.05) is 31.1 Å². The minimum Gasteiger partial charge on any atom is -0.371 e. The zero-order valence-electron chi connectivity index (χ0n) is 13.5. The van der Waals surface area contributed by atoms with Gasteiger partial charge in [0.25, 0.3) is 0 Å². The van der Waals surface area contributed by atoms with Gasteiger partial charge >= 0.3 is 6.18 Å². The van der Waals surface area contributed by atoms with E-state index in [4.69, 9.17) is 0 Å². The number of hydrogen-bond donors (Lipinski definition) is 1. The Hall–Kier alpha value is -1.35. The van der Waals surface area contributed by atoms with E-state index in [1.807, 2.05) is 0 Å². The molecule has 3 rings (SSSR count). The summed E-state index contributed by atoms with van der Waals surface area (Å²) in [4.78, 5) is 1.33. The van der Waals surface area contributed by atoms with Crippen molar-refractivity contribution in [2.45, 2.75) is 35.6 Å². The SMILES string of the molecule is O=S(=O)(c1ccc(N2CCC(C(F)(F)F)CC2)cc1F)C1CCNC1. The maximum absolute atomic E-state index is 14.4. The van der Waals surface area contributed by atoms with E-state index in [1.165, 1.54) is 12.1 Å². The van der Waals surface area contributed by atoms with Crippen molar-refractivity contribution in [3.63, 3.8) is 0 Å². The summed E-state index contributed by atoms with van der Waals surface area (Å²) < 4.78 is 77.5. The molecule has 9 heteroatoms. The van der Waals surface area contributed by atoms with E-state index in [0.29, 0.717) is 25.2 Å². The van der Waals surface area contributed by atoms with E-state index in [9.17, 15) is 26.0 Å². The van der Waals surface area contributed by atoms with E-state index in [0.717, 1.165) is 6.07 Å². The molecule has 1 aromatic rings. The van der Waals surface area contributed by atoms with Crippen LogP contribution in [0.4, 0.5) is 23.2 Å². The monoisotopic (exact) mass is 380 g/mol. The summed E-state index contributed by atoms with van der Waals surface area (Å²) in [6, 6.07) is 3.82. The van der Waals surface area contributed by atoms with Crippen LogP contribution in [0.15, 0.2) is 23.1 Å². The first-order chi connectivity index (χ1) is 11.7. The topological polar surface area (TPSA) is 49.4 Å². The highest BCUT2D eigenvalue weighted by Gasteiger charge is 2.41. The standard InChI is InChI=1S/C16H20F4N2O2S/c17-14-9-12(22-7-4-11(5-8-22)16(18,19)20)1-2-15(14)25(23,24)13-3-6-21-10-13/h1-2,9,11,13,21H,3-8,10H2. The molecule has 0 bridgehead atoms. The fraction of sp³-hybridized carbons (Fsp3) is 0.625.